The average Bonchev–Trinajstić information content (AvgIpc) is 3.40. The van der Waals surface area contributed by atoms with Crippen LogP contribution in [0.2, 0.25) is 0 Å². The minimum atomic E-state index is -0.390. The third-order valence-electron chi connectivity index (χ3n) is 6.61. The van der Waals surface area contributed by atoms with Gasteiger partial charge in [0.2, 0.25) is 5.91 Å². The number of nitrogens with zero attached hydrogens (tertiary/aromatic N) is 3. The van der Waals surface area contributed by atoms with E-state index in [0.717, 1.165) is 47.0 Å². The third kappa shape index (κ3) is 6.73. The van der Waals surface area contributed by atoms with E-state index in [-0.39, 0.29) is 12.5 Å². The molecule has 10 nitrogen and oxygen atoms in total. The summed E-state index contributed by atoms with van der Waals surface area (Å²) < 4.78 is 7.91. The van der Waals surface area contributed by atoms with Crippen LogP contribution < -0.4 is 26.4 Å². The number of fused-ring (bicyclic) bond motifs is 1. The Morgan fingerprint density at radius 1 is 0.929 bits per heavy atom. The van der Waals surface area contributed by atoms with Gasteiger partial charge >= 0.3 is 6.03 Å². The lowest BCUT2D eigenvalue weighted by Crippen LogP contribution is -2.22. The molecule has 0 aliphatic carbocycles. The summed E-state index contributed by atoms with van der Waals surface area (Å²) in [7, 11) is 0. The lowest BCUT2D eigenvalue weighted by molar-refractivity contribution is -0.114. The molecule has 0 spiro atoms. The van der Waals surface area contributed by atoms with Crippen molar-refractivity contribution in [1.82, 2.24) is 14.8 Å². The van der Waals surface area contributed by atoms with Crippen LogP contribution in [0.5, 0.6) is 11.5 Å². The fourth-order valence-electron chi connectivity index (χ4n) is 4.49. The first-order chi connectivity index (χ1) is 20.4. The van der Waals surface area contributed by atoms with Gasteiger partial charge in [-0.25, -0.2) is 14.5 Å². The number of amides is 3. The molecule has 5 rings (SSSR count). The van der Waals surface area contributed by atoms with Crippen LogP contribution in [-0.4, -0.2) is 33.2 Å². The largest absolute Gasteiger partial charge is 0.457 e. The number of hydrogen-bond donors (Lipinski definition) is 4. The fourth-order valence-corrected chi connectivity index (χ4v) is 4.49. The van der Waals surface area contributed by atoms with Crippen LogP contribution in [0.1, 0.15) is 31.0 Å². The zero-order valence-corrected chi connectivity index (χ0v) is 23.6. The smallest absolute Gasteiger partial charge is 0.324 e. The molecule has 0 atom stereocenters. The molecule has 0 radical (unpaired) electrons. The normalized spacial score (nSPS) is 10.8. The molecular formula is C32H33N7O3. The number of pyridine rings is 1. The maximum Gasteiger partial charge on any atom is 0.324 e. The summed E-state index contributed by atoms with van der Waals surface area (Å²) in [5, 5.41) is 14.9. The Bertz CT molecular complexity index is 1710. The van der Waals surface area contributed by atoms with Crippen LogP contribution in [0.15, 0.2) is 85.1 Å². The number of anilines is 3. The van der Waals surface area contributed by atoms with Crippen molar-refractivity contribution < 1.29 is 14.3 Å². The highest BCUT2D eigenvalue weighted by Crippen LogP contribution is 2.35. The van der Waals surface area contributed by atoms with E-state index >= 15 is 0 Å². The maximum absolute atomic E-state index is 13.3. The summed E-state index contributed by atoms with van der Waals surface area (Å²) in [6.45, 7) is 4.03. The Labute approximate surface area is 243 Å². The monoisotopic (exact) mass is 563 g/mol. The molecule has 0 saturated carbocycles. The number of carbonyl (C=O) groups excluding carboxylic acids is 2. The van der Waals surface area contributed by atoms with Gasteiger partial charge < -0.3 is 21.1 Å². The van der Waals surface area contributed by atoms with Crippen molar-refractivity contribution in [2.75, 3.05) is 22.5 Å². The zero-order chi connectivity index (χ0) is 29.5. The van der Waals surface area contributed by atoms with Gasteiger partial charge in [-0.3, -0.25) is 10.1 Å². The Hall–Kier alpha value is -5.22. The van der Waals surface area contributed by atoms with Crippen molar-refractivity contribution in [1.29, 1.82) is 0 Å². The molecule has 3 amide bonds. The van der Waals surface area contributed by atoms with Gasteiger partial charge in [0.1, 0.15) is 23.1 Å². The molecule has 0 saturated heterocycles. The molecule has 214 valence electrons. The van der Waals surface area contributed by atoms with Crippen LogP contribution in [0.25, 0.3) is 16.5 Å². The van der Waals surface area contributed by atoms with E-state index in [4.69, 9.17) is 15.6 Å². The lowest BCUT2D eigenvalue weighted by Gasteiger charge is -2.14. The summed E-state index contributed by atoms with van der Waals surface area (Å²) in [4.78, 5) is 29.0. The van der Waals surface area contributed by atoms with Gasteiger partial charge in [-0.15, -0.1) is 0 Å². The number of benzene rings is 3. The van der Waals surface area contributed by atoms with Crippen molar-refractivity contribution in [2.24, 2.45) is 5.73 Å². The third-order valence-corrected chi connectivity index (χ3v) is 6.61. The van der Waals surface area contributed by atoms with Crippen LogP contribution >= 0.6 is 0 Å². The summed E-state index contributed by atoms with van der Waals surface area (Å²) in [6.07, 6.45) is 4.44. The SMILES string of the molecule is CCCCc1cc(NC(=O)Nc2ccc(Oc3ccnc(NC(=O)CN)c3)c3ccccc23)n(-c2ccc(C)cc2)n1. The number of hydrogen-bond acceptors (Lipinski definition) is 6. The molecule has 5 aromatic rings. The molecule has 0 fully saturated rings. The van der Waals surface area contributed by atoms with Crippen molar-refractivity contribution >= 4 is 40.0 Å². The van der Waals surface area contributed by atoms with Crippen molar-refractivity contribution in [2.45, 2.75) is 33.1 Å². The number of aromatic nitrogens is 3. The standard InChI is InChI=1S/C32H33N7O3/c1-3-4-7-22-18-30(39(38-22)23-12-10-21(2)11-13-23)37-32(41)35-27-14-15-28(26-9-6-5-8-25(26)27)42-24-16-17-34-29(19-24)36-31(40)20-33/h5-6,8-19H,3-4,7,20,33H2,1-2H3,(H,34,36,40)(H2,35,37,41). The first kappa shape index (κ1) is 28.3. The lowest BCUT2D eigenvalue weighted by atomic mass is 10.1. The van der Waals surface area contributed by atoms with E-state index in [1.807, 2.05) is 61.5 Å². The van der Waals surface area contributed by atoms with E-state index in [1.165, 1.54) is 0 Å². The Morgan fingerprint density at radius 2 is 1.71 bits per heavy atom. The first-order valence-corrected chi connectivity index (χ1v) is 13.8. The number of rotatable bonds is 10. The number of carbonyl (C=O) groups is 2. The number of ether oxygens (including phenoxy) is 1. The number of aryl methyl sites for hydroxylation is 2. The van der Waals surface area contributed by atoms with Crippen LogP contribution in [-0.2, 0) is 11.2 Å². The maximum atomic E-state index is 13.3. The summed E-state index contributed by atoms with van der Waals surface area (Å²) >= 11 is 0. The molecule has 10 heteroatoms. The molecule has 5 N–H and O–H groups in total. The summed E-state index contributed by atoms with van der Waals surface area (Å²) in [5.41, 5.74) is 8.93. The molecule has 0 aliphatic rings. The van der Waals surface area contributed by atoms with Gasteiger partial charge in [0.05, 0.1) is 23.6 Å². The Balaban J connectivity index is 1.37. The molecule has 0 aliphatic heterocycles. The molecule has 2 aromatic heterocycles. The second kappa shape index (κ2) is 13.0. The quantitative estimate of drug-likeness (QED) is 0.155. The summed E-state index contributed by atoms with van der Waals surface area (Å²) in [6, 6.07) is 24.1. The van der Waals surface area contributed by atoms with Crippen molar-refractivity contribution in [3.8, 4) is 17.2 Å². The molecular weight excluding hydrogens is 530 g/mol. The van der Waals surface area contributed by atoms with Gasteiger partial charge in [0, 0.05) is 29.1 Å². The van der Waals surface area contributed by atoms with Gasteiger partial charge in [-0.1, -0.05) is 55.3 Å². The second-order valence-electron chi connectivity index (χ2n) is 9.84. The highest BCUT2D eigenvalue weighted by atomic mass is 16.5. The van der Waals surface area contributed by atoms with Gasteiger partial charge in [0.25, 0.3) is 0 Å². The van der Waals surface area contributed by atoms with Crippen LogP contribution in [0.4, 0.5) is 22.1 Å². The zero-order valence-electron chi connectivity index (χ0n) is 23.6. The van der Waals surface area contributed by atoms with E-state index < -0.39 is 6.03 Å². The highest BCUT2D eigenvalue weighted by molar-refractivity contribution is 6.07. The molecule has 0 bridgehead atoms. The van der Waals surface area contributed by atoms with E-state index in [9.17, 15) is 9.59 Å². The van der Waals surface area contributed by atoms with E-state index in [2.05, 4.69) is 27.9 Å². The van der Waals surface area contributed by atoms with Crippen molar-refractivity contribution in [3.05, 3.63) is 96.3 Å². The second-order valence-corrected chi connectivity index (χ2v) is 9.84. The van der Waals surface area contributed by atoms with E-state index in [0.29, 0.717) is 28.8 Å². The minimum Gasteiger partial charge on any atom is -0.457 e. The minimum absolute atomic E-state index is 0.145. The number of urea groups is 1. The first-order valence-electron chi connectivity index (χ1n) is 13.8. The Kier molecular flexibility index (Phi) is 8.74. The predicted molar refractivity (Wildman–Crippen MR) is 165 cm³/mol. The number of nitrogens with two attached hydrogens (primary N) is 1. The molecule has 3 aromatic carbocycles. The fraction of sp³-hybridized carbons (Fsp3) is 0.188. The van der Waals surface area contributed by atoms with Gasteiger partial charge in [-0.05, 0) is 50.1 Å². The highest BCUT2D eigenvalue weighted by Gasteiger charge is 2.15. The predicted octanol–water partition coefficient (Wildman–Crippen LogP) is 6.41. The van der Waals surface area contributed by atoms with Crippen LogP contribution in [0, 0.1) is 6.92 Å². The average molecular weight is 564 g/mol. The number of unbranched alkanes of at least 4 members (excludes halogenated alkanes) is 1. The van der Waals surface area contributed by atoms with Crippen molar-refractivity contribution in [3.63, 3.8) is 0 Å². The molecule has 0 unspecified atom stereocenters. The molecule has 42 heavy (non-hydrogen) atoms. The molecule has 2 heterocycles. The van der Waals surface area contributed by atoms with Gasteiger partial charge in [-0.2, -0.15) is 5.10 Å². The van der Waals surface area contributed by atoms with Crippen LogP contribution in [0.3, 0.4) is 0 Å². The Morgan fingerprint density at radius 3 is 2.48 bits per heavy atom. The summed E-state index contributed by atoms with van der Waals surface area (Å²) in [5.74, 6) is 1.64. The van der Waals surface area contributed by atoms with E-state index in [1.54, 1.807) is 35.1 Å². The number of nitrogens with one attached hydrogen (secondary N) is 3. The topological polar surface area (TPSA) is 136 Å². The van der Waals surface area contributed by atoms with Gasteiger partial charge in [0.15, 0.2) is 0 Å².